The van der Waals surface area contributed by atoms with Gasteiger partial charge in [-0.2, -0.15) is 0 Å². The average molecular weight is 692 g/mol. The van der Waals surface area contributed by atoms with Crippen molar-refractivity contribution in [3.63, 3.8) is 0 Å². The van der Waals surface area contributed by atoms with Crippen LogP contribution in [0.25, 0.3) is 0 Å². The highest BCUT2D eigenvalue weighted by atomic mass is 35.5. The van der Waals surface area contributed by atoms with E-state index in [1.165, 1.54) is 29.2 Å². The number of anilines is 1. The summed E-state index contributed by atoms with van der Waals surface area (Å²) in [4.78, 5) is 30.1. The van der Waals surface area contributed by atoms with Gasteiger partial charge in [-0.3, -0.25) is 13.9 Å². The highest BCUT2D eigenvalue weighted by molar-refractivity contribution is 7.92. The molecule has 0 fully saturated rings. The van der Waals surface area contributed by atoms with Crippen molar-refractivity contribution in [2.24, 2.45) is 5.92 Å². The Bertz CT molecular complexity index is 1770. The monoisotopic (exact) mass is 691 g/mol. The number of carbonyl (C=O) groups excluding carboxylic acids is 2. The van der Waals surface area contributed by atoms with Gasteiger partial charge in [0.2, 0.25) is 11.8 Å². The van der Waals surface area contributed by atoms with Gasteiger partial charge in [0.25, 0.3) is 10.0 Å². The lowest BCUT2D eigenvalue weighted by molar-refractivity contribution is -0.140. The van der Waals surface area contributed by atoms with Crippen LogP contribution in [0.15, 0.2) is 108 Å². The van der Waals surface area contributed by atoms with E-state index in [4.69, 9.17) is 21.1 Å². The lowest BCUT2D eigenvalue weighted by Gasteiger charge is -2.34. The van der Waals surface area contributed by atoms with Gasteiger partial charge in [-0.1, -0.05) is 80.0 Å². The van der Waals surface area contributed by atoms with Gasteiger partial charge in [0.15, 0.2) is 0 Å². The van der Waals surface area contributed by atoms with Crippen molar-refractivity contribution < 1.29 is 27.5 Å². The van der Waals surface area contributed by atoms with Crippen LogP contribution in [0.2, 0.25) is 5.02 Å². The van der Waals surface area contributed by atoms with Crippen molar-refractivity contribution in [1.82, 2.24) is 10.2 Å². The van der Waals surface area contributed by atoms with E-state index < -0.39 is 28.5 Å². The first-order valence-corrected chi connectivity index (χ1v) is 17.6. The third kappa shape index (κ3) is 9.51. The van der Waals surface area contributed by atoms with Gasteiger partial charge >= 0.3 is 0 Å². The topological polar surface area (TPSA) is 105 Å². The van der Waals surface area contributed by atoms with Crippen molar-refractivity contribution in [2.75, 3.05) is 31.1 Å². The summed E-state index contributed by atoms with van der Waals surface area (Å²) < 4.78 is 41.0. The molecular weight excluding hydrogens is 650 g/mol. The molecule has 0 aliphatic carbocycles. The fraction of sp³-hybridized carbons (Fsp3) is 0.297. The van der Waals surface area contributed by atoms with Crippen LogP contribution in [0.5, 0.6) is 11.5 Å². The number of halogens is 1. The van der Waals surface area contributed by atoms with E-state index in [1.807, 2.05) is 50.2 Å². The standard InChI is InChI=1S/C37H42ClN3O6S/c1-5-47-35-17-10-9-16-33(35)41(48(44,45)32-20-18-30(38)19-21-32)26-36(42)40(25-29-14-11-15-31(22-29)46-4)34(37(43)39-24-27(2)3)23-28-12-7-6-8-13-28/h6-22,27,34H,5,23-26H2,1-4H3,(H,39,43)/t34-/m0/s1. The van der Waals surface area contributed by atoms with E-state index in [2.05, 4.69) is 5.32 Å². The number of rotatable bonds is 16. The minimum Gasteiger partial charge on any atom is -0.497 e. The molecule has 4 aromatic carbocycles. The third-order valence-electron chi connectivity index (χ3n) is 7.56. The molecular formula is C37H42ClN3O6S. The Balaban J connectivity index is 1.84. The summed E-state index contributed by atoms with van der Waals surface area (Å²) in [7, 11) is -2.77. The Morgan fingerprint density at radius 3 is 2.21 bits per heavy atom. The second-order valence-electron chi connectivity index (χ2n) is 11.6. The van der Waals surface area contributed by atoms with Crippen LogP contribution in [0, 0.1) is 5.92 Å². The number of methoxy groups -OCH3 is 1. The first-order chi connectivity index (χ1) is 23.0. The average Bonchev–Trinajstić information content (AvgIpc) is 3.08. The fourth-order valence-corrected chi connectivity index (χ4v) is 6.68. The van der Waals surface area contributed by atoms with Crippen LogP contribution in [0.4, 0.5) is 5.69 Å². The molecule has 4 rings (SSSR count). The van der Waals surface area contributed by atoms with E-state index in [0.717, 1.165) is 9.87 Å². The van der Waals surface area contributed by atoms with Crippen molar-refractivity contribution >= 4 is 39.1 Å². The summed E-state index contributed by atoms with van der Waals surface area (Å²) in [6.07, 6.45) is 0.208. The van der Waals surface area contributed by atoms with E-state index in [-0.39, 0.29) is 42.0 Å². The molecule has 1 N–H and O–H groups in total. The van der Waals surface area contributed by atoms with Crippen LogP contribution in [0.1, 0.15) is 31.9 Å². The molecule has 0 unspecified atom stereocenters. The molecule has 48 heavy (non-hydrogen) atoms. The SMILES string of the molecule is CCOc1ccccc1N(CC(=O)N(Cc1cccc(OC)c1)[C@@H](Cc1ccccc1)C(=O)NCC(C)C)S(=O)(=O)c1ccc(Cl)cc1. The van der Waals surface area contributed by atoms with Crippen LogP contribution in [-0.4, -0.2) is 58.0 Å². The molecule has 0 radical (unpaired) electrons. The lowest BCUT2D eigenvalue weighted by Crippen LogP contribution is -2.53. The van der Waals surface area contributed by atoms with Crippen molar-refractivity contribution in [3.8, 4) is 11.5 Å². The van der Waals surface area contributed by atoms with Crippen LogP contribution in [-0.2, 0) is 32.6 Å². The molecule has 0 heterocycles. The lowest BCUT2D eigenvalue weighted by atomic mass is 10.0. The van der Waals surface area contributed by atoms with Gasteiger partial charge < -0.3 is 19.7 Å². The Hall–Kier alpha value is -4.54. The minimum atomic E-state index is -4.32. The highest BCUT2D eigenvalue weighted by Gasteiger charge is 2.35. The Labute approximate surface area is 288 Å². The van der Waals surface area contributed by atoms with Gasteiger partial charge in [-0.25, -0.2) is 8.42 Å². The zero-order valence-corrected chi connectivity index (χ0v) is 29.2. The van der Waals surface area contributed by atoms with Crippen LogP contribution < -0.4 is 19.1 Å². The number of sulfonamides is 1. The van der Waals surface area contributed by atoms with Crippen molar-refractivity contribution in [1.29, 1.82) is 0 Å². The number of hydrogen-bond acceptors (Lipinski definition) is 6. The number of hydrogen-bond donors (Lipinski definition) is 1. The molecule has 0 saturated heterocycles. The van der Waals surface area contributed by atoms with Crippen LogP contribution >= 0.6 is 11.6 Å². The van der Waals surface area contributed by atoms with E-state index in [0.29, 0.717) is 28.6 Å². The summed E-state index contributed by atoms with van der Waals surface area (Å²) in [5, 5.41) is 3.36. The Kier molecular flexibility index (Phi) is 12.9. The number of amides is 2. The van der Waals surface area contributed by atoms with Gasteiger partial charge in [0.1, 0.15) is 24.1 Å². The molecule has 0 aromatic heterocycles. The fourth-order valence-electron chi connectivity index (χ4n) is 5.13. The van der Waals surface area contributed by atoms with Crippen molar-refractivity contribution in [2.45, 2.75) is 44.7 Å². The first-order valence-electron chi connectivity index (χ1n) is 15.8. The molecule has 2 amide bonds. The number of nitrogens with one attached hydrogen (secondary N) is 1. The maximum Gasteiger partial charge on any atom is 0.264 e. The number of ether oxygens (including phenoxy) is 2. The van der Waals surface area contributed by atoms with Crippen LogP contribution in [0.3, 0.4) is 0 Å². The molecule has 1 atom stereocenters. The number of carbonyl (C=O) groups is 2. The molecule has 11 heteroatoms. The molecule has 0 aliphatic heterocycles. The number of benzene rings is 4. The van der Waals surface area contributed by atoms with E-state index in [9.17, 15) is 18.0 Å². The summed E-state index contributed by atoms with van der Waals surface area (Å²) in [6.45, 7) is 5.86. The number of nitrogens with zero attached hydrogens (tertiary/aromatic N) is 2. The Morgan fingerprint density at radius 1 is 0.875 bits per heavy atom. The summed E-state index contributed by atoms with van der Waals surface area (Å²) in [6, 6.07) is 28.1. The predicted molar refractivity (Wildman–Crippen MR) is 189 cm³/mol. The molecule has 4 aromatic rings. The van der Waals surface area contributed by atoms with E-state index in [1.54, 1.807) is 56.5 Å². The largest absolute Gasteiger partial charge is 0.497 e. The zero-order chi connectivity index (χ0) is 34.7. The normalized spacial score (nSPS) is 11.9. The van der Waals surface area contributed by atoms with Crippen molar-refractivity contribution in [3.05, 3.63) is 119 Å². The quantitative estimate of drug-likeness (QED) is 0.147. The summed E-state index contributed by atoms with van der Waals surface area (Å²) >= 11 is 6.09. The highest BCUT2D eigenvalue weighted by Crippen LogP contribution is 2.33. The number of para-hydroxylation sites is 2. The summed E-state index contributed by atoms with van der Waals surface area (Å²) in [5.74, 6) is 0.124. The third-order valence-corrected chi connectivity index (χ3v) is 9.58. The predicted octanol–water partition coefficient (Wildman–Crippen LogP) is 6.35. The minimum absolute atomic E-state index is 0.0184. The van der Waals surface area contributed by atoms with Gasteiger partial charge in [-0.05, 0) is 72.5 Å². The molecule has 0 saturated carbocycles. The zero-order valence-electron chi connectivity index (χ0n) is 27.6. The first kappa shape index (κ1) is 36.3. The maximum atomic E-state index is 14.7. The van der Waals surface area contributed by atoms with Gasteiger partial charge in [-0.15, -0.1) is 0 Å². The maximum absolute atomic E-state index is 14.7. The molecule has 0 aliphatic rings. The summed E-state index contributed by atoms with van der Waals surface area (Å²) in [5.41, 5.74) is 1.74. The van der Waals surface area contributed by atoms with Gasteiger partial charge in [0.05, 0.1) is 24.3 Å². The second kappa shape index (κ2) is 17.0. The van der Waals surface area contributed by atoms with E-state index >= 15 is 0 Å². The molecule has 0 bridgehead atoms. The van der Waals surface area contributed by atoms with Gasteiger partial charge in [0, 0.05) is 24.5 Å². The second-order valence-corrected chi connectivity index (χ2v) is 13.9. The smallest absolute Gasteiger partial charge is 0.264 e. The molecule has 9 nitrogen and oxygen atoms in total. The Morgan fingerprint density at radius 2 is 1.54 bits per heavy atom. The molecule has 254 valence electrons. The molecule has 0 spiro atoms.